The van der Waals surface area contributed by atoms with E-state index in [-0.39, 0.29) is 5.91 Å². The molecular formula is C22H37N3O3S. The fourth-order valence-electron chi connectivity index (χ4n) is 2.73. The Balaban J connectivity index is 2.72. The number of allylic oxidation sites excluding steroid dienone is 2. The van der Waals surface area contributed by atoms with E-state index in [1.807, 2.05) is 13.1 Å². The second-order valence-corrected chi connectivity index (χ2v) is 10.00. The molecule has 0 aromatic carbocycles. The number of amides is 2. The third-order valence-corrected chi connectivity index (χ3v) is 5.81. The van der Waals surface area contributed by atoms with Gasteiger partial charge in [0.25, 0.3) is 0 Å². The van der Waals surface area contributed by atoms with Gasteiger partial charge in [-0.2, -0.15) is 0 Å². The predicted molar refractivity (Wildman–Crippen MR) is 120 cm³/mol. The molecule has 1 unspecified atom stereocenters. The summed E-state index contributed by atoms with van der Waals surface area (Å²) in [7, 11) is 0. The van der Waals surface area contributed by atoms with Crippen molar-refractivity contribution in [1.82, 2.24) is 10.3 Å². The van der Waals surface area contributed by atoms with Crippen molar-refractivity contribution >= 4 is 28.3 Å². The molecule has 2 amide bonds. The summed E-state index contributed by atoms with van der Waals surface area (Å²) in [6.45, 7) is 13.6. The van der Waals surface area contributed by atoms with Gasteiger partial charge in [0.2, 0.25) is 11.8 Å². The van der Waals surface area contributed by atoms with Crippen LogP contribution < -0.4 is 10.6 Å². The zero-order chi connectivity index (χ0) is 22.2. The van der Waals surface area contributed by atoms with Gasteiger partial charge in [0.1, 0.15) is 12.1 Å². The van der Waals surface area contributed by atoms with Crippen molar-refractivity contribution in [2.24, 2.45) is 5.41 Å². The van der Waals surface area contributed by atoms with Gasteiger partial charge in [-0.1, -0.05) is 52.7 Å². The molecule has 0 aliphatic heterocycles. The molecular weight excluding hydrogens is 386 g/mol. The molecule has 0 spiro atoms. The number of carbonyl (C=O) groups is 2. The van der Waals surface area contributed by atoms with E-state index in [4.69, 9.17) is 0 Å². The minimum Gasteiger partial charge on any atom is -0.383 e. The highest BCUT2D eigenvalue weighted by Gasteiger charge is 2.32. The zero-order valence-corrected chi connectivity index (χ0v) is 19.7. The van der Waals surface area contributed by atoms with Crippen molar-refractivity contribution < 1.29 is 14.7 Å². The van der Waals surface area contributed by atoms with Crippen molar-refractivity contribution in [2.45, 2.75) is 92.2 Å². The molecule has 0 bridgehead atoms. The Hall–Kier alpha value is -1.73. The summed E-state index contributed by atoms with van der Waals surface area (Å²) in [5.41, 5.74) is 0.721. The maximum Gasteiger partial charge on any atom is 0.250 e. The maximum atomic E-state index is 12.7. The summed E-state index contributed by atoms with van der Waals surface area (Å²) >= 11 is 1.47. The molecule has 3 atom stereocenters. The molecule has 7 heteroatoms. The van der Waals surface area contributed by atoms with Gasteiger partial charge in [0, 0.05) is 11.1 Å². The first-order valence-electron chi connectivity index (χ1n) is 10.3. The molecule has 0 saturated heterocycles. The minimum atomic E-state index is -1.18. The highest BCUT2D eigenvalue weighted by Crippen LogP contribution is 2.29. The molecule has 0 aliphatic rings. The number of carbonyl (C=O) groups excluding carboxylic acids is 2. The van der Waals surface area contributed by atoms with E-state index in [1.165, 1.54) is 16.9 Å². The largest absolute Gasteiger partial charge is 0.383 e. The predicted octanol–water partition coefficient (Wildman–Crippen LogP) is 4.62. The van der Waals surface area contributed by atoms with Gasteiger partial charge in [0.15, 0.2) is 5.13 Å². The van der Waals surface area contributed by atoms with Crippen molar-refractivity contribution in [3.05, 3.63) is 22.7 Å². The Bertz CT molecular complexity index is 702. The summed E-state index contributed by atoms with van der Waals surface area (Å²) in [6, 6.07) is -0.702. The lowest BCUT2D eigenvalue weighted by molar-refractivity contribution is -0.137. The lowest BCUT2D eigenvalue weighted by Gasteiger charge is -2.26. The van der Waals surface area contributed by atoms with Crippen LogP contribution in [0.3, 0.4) is 0 Å². The smallest absolute Gasteiger partial charge is 0.250 e. The van der Waals surface area contributed by atoms with Gasteiger partial charge in [-0.05, 0) is 44.4 Å². The molecule has 1 aromatic heterocycles. The van der Waals surface area contributed by atoms with E-state index < -0.39 is 23.5 Å². The quantitative estimate of drug-likeness (QED) is 0.479. The lowest BCUT2D eigenvalue weighted by Crippen LogP contribution is -2.50. The summed E-state index contributed by atoms with van der Waals surface area (Å²) in [6.07, 6.45) is 6.13. The number of rotatable bonds is 10. The van der Waals surface area contributed by atoms with Crippen LogP contribution in [0.4, 0.5) is 5.13 Å². The fourth-order valence-corrected chi connectivity index (χ4v) is 3.64. The van der Waals surface area contributed by atoms with Crippen LogP contribution in [0, 0.1) is 5.41 Å². The van der Waals surface area contributed by atoms with Crippen LogP contribution in [0.15, 0.2) is 17.8 Å². The van der Waals surface area contributed by atoms with Crippen LogP contribution in [-0.2, 0) is 9.59 Å². The molecule has 0 saturated carbocycles. The van der Waals surface area contributed by atoms with E-state index in [1.54, 1.807) is 20.8 Å². The third kappa shape index (κ3) is 8.66. The van der Waals surface area contributed by atoms with Gasteiger partial charge in [-0.25, -0.2) is 4.98 Å². The van der Waals surface area contributed by atoms with Crippen molar-refractivity contribution in [3.63, 3.8) is 0 Å². The van der Waals surface area contributed by atoms with E-state index in [0.717, 1.165) is 24.1 Å². The Labute approximate surface area is 179 Å². The Morgan fingerprint density at radius 3 is 2.45 bits per heavy atom. The van der Waals surface area contributed by atoms with Crippen LogP contribution in [0.5, 0.6) is 0 Å². The Kier molecular flexibility index (Phi) is 10.00. The summed E-state index contributed by atoms with van der Waals surface area (Å²) in [4.78, 5) is 30.5. The molecule has 1 heterocycles. The van der Waals surface area contributed by atoms with Gasteiger partial charge in [-0.3, -0.25) is 9.59 Å². The summed E-state index contributed by atoms with van der Waals surface area (Å²) in [5, 5.41) is 16.2. The first kappa shape index (κ1) is 25.3. The highest BCUT2D eigenvalue weighted by atomic mass is 32.1. The monoisotopic (exact) mass is 423 g/mol. The number of thiazole rings is 1. The van der Waals surface area contributed by atoms with E-state index >= 15 is 0 Å². The van der Waals surface area contributed by atoms with Crippen molar-refractivity contribution in [2.75, 3.05) is 5.32 Å². The highest BCUT2D eigenvalue weighted by molar-refractivity contribution is 7.15. The SMILES string of the molecule is CCC[C@H](NC(=O)[C@@H](O)C(C)(C)C)C(=O)Nc1ncc(C(C)CCC=C(C)C)s1. The van der Waals surface area contributed by atoms with Crippen LogP contribution in [-0.4, -0.2) is 34.1 Å². The maximum absolute atomic E-state index is 12.7. The lowest BCUT2D eigenvalue weighted by atomic mass is 9.88. The van der Waals surface area contributed by atoms with Crippen molar-refractivity contribution in [3.8, 4) is 0 Å². The molecule has 3 N–H and O–H groups in total. The average Bonchev–Trinajstić information content (AvgIpc) is 3.07. The van der Waals surface area contributed by atoms with Crippen LogP contribution in [0.2, 0.25) is 0 Å². The molecule has 0 radical (unpaired) electrons. The molecule has 164 valence electrons. The molecule has 0 fully saturated rings. The Morgan fingerprint density at radius 2 is 1.90 bits per heavy atom. The molecule has 6 nitrogen and oxygen atoms in total. The first-order valence-corrected chi connectivity index (χ1v) is 11.2. The average molecular weight is 424 g/mol. The van der Waals surface area contributed by atoms with Gasteiger partial charge >= 0.3 is 0 Å². The number of hydrogen-bond donors (Lipinski definition) is 3. The molecule has 1 aromatic rings. The van der Waals surface area contributed by atoms with Gasteiger partial charge in [0.05, 0.1) is 0 Å². The number of nitrogens with zero attached hydrogens (tertiary/aromatic N) is 1. The fraction of sp³-hybridized carbons (Fsp3) is 0.682. The second kappa shape index (κ2) is 11.5. The number of aromatic nitrogens is 1. The van der Waals surface area contributed by atoms with Crippen molar-refractivity contribution in [1.29, 1.82) is 0 Å². The number of anilines is 1. The third-order valence-electron chi connectivity index (χ3n) is 4.67. The molecule has 1 rings (SSSR count). The first-order chi connectivity index (χ1) is 13.5. The van der Waals surface area contributed by atoms with Gasteiger partial charge in [-0.15, -0.1) is 11.3 Å². The minimum absolute atomic E-state index is 0.306. The second-order valence-electron chi connectivity index (χ2n) is 8.94. The Morgan fingerprint density at radius 1 is 1.24 bits per heavy atom. The summed E-state index contributed by atoms with van der Waals surface area (Å²) < 4.78 is 0. The standard InChI is InChI=1S/C22H37N3O3S/c1-8-10-16(24-20(28)18(26)22(5,6)7)19(27)25-21-23-13-17(29-21)15(4)12-9-11-14(2)3/h11,13,15-16,18,26H,8-10,12H2,1-7H3,(H,24,28)(H,23,25,27)/t15?,16-,18+/m0/s1. The van der Waals surface area contributed by atoms with E-state index in [0.29, 0.717) is 17.5 Å². The van der Waals surface area contributed by atoms with E-state index in [2.05, 4.69) is 42.5 Å². The van der Waals surface area contributed by atoms with Crippen LogP contribution in [0.1, 0.15) is 84.9 Å². The van der Waals surface area contributed by atoms with Gasteiger partial charge < -0.3 is 15.7 Å². The topological polar surface area (TPSA) is 91.3 Å². The molecule has 0 aliphatic carbocycles. The number of nitrogens with one attached hydrogen (secondary N) is 2. The summed E-state index contributed by atoms with van der Waals surface area (Å²) in [5.74, 6) is -0.472. The zero-order valence-electron chi connectivity index (χ0n) is 18.8. The molecule has 29 heavy (non-hydrogen) atoms. The van der Waals surface area contributed by atoms with E-state index in [9.17, 15) is 14.7 Å². The van der Waals surface area contributed by atoms with Crippen LogP contribution >= 0.6 is 11.3 Å². The normalized spacial score (nSPS) is 14.6. The number of hydrogen-bond acceptors (Lipinski definition) is 5. The number of aliphatic hydroxyl groups is 1. The van der Waals surface area contributed by atoms with Crippen LogP contribution in [0.25, 0.3) is 0 Å². The number of aliphatic hydroxyl groups excluding tert-OH is 1.